The van der Waals surface area contributed by atoms with E-state index in [0.29, 0.717) is 5.75 Å². The van der Waals surface area contributed by atoms with Crippen molar-refractivity contribution in [2.24, 2.45) is 4.99 Å². The van der Waals surface area contributed by atoms with Gasteiger partial charge in [-0.2, -0.15) is 0 Å². The number of hydrogen-bond donors (Lipinski definition) is 0. The number of rotatable bonds is 2. The second-order valence-corrected chi connectivity index (χ2v) is 8.85. The molecular weight excluding hydrogens is 324 g/mol. The highest BCUT2D eigenvalue weighted by Crippen LogP contribution is 2.40. The summed E-state index contributed by atoms with van der Waals surface area (Å²) in [6.07, 6.45) is 0. The number of amidine groups is 1. The third-order valence-corrected chi connectivity index (χ3v) is 6.56. The molecule has 3 aliphatic heterocycles. The maximum absolute atomic E-state index is 11.9. The molecule has 8 heteroatoms. The lowest BCUT2D eigenvalue weighted by atomic mass is 10.1. The van der Waals surface area contributed by atoms with Gasteiger partial charge in [-0.05, 0) is 17.9 Å². The van der Waals surface area contributed by atoms with Gasteiger partial charge < -0.3 is 14.4 Å². The van der Waals surface area contributed by atoms with Gasteiger partial charge in [-0.25, -0.2) is 8.42 Å². The molecular formula is C14H16N2O4S2. The van der Waals surface area contributed by atoms with Gasteiger partial charge in [0.15, 0.2) is 26.5 Å². The summed E-state index contributed by atoms with van der Waals surface area (Å²) in [6.45, 7) is 2.29. The molecule has 3 aliphatic rings. The molecule has 1 aromatic carbocycles. The van der Waals surface area contributed by atoms with E-state index in [2.05, 4.69) is 11.9 Å². The Morgan fingerprint density at radius 2 is 2.14 bits per heavy atom. The fourth-order valence-electron chi connectivity index (χ4n) is 3.10. The number of thioether (sulfide) groups is 1. The molecule has 0 spiro atoms. The number of nitrogens with zero attached hydrogens (tertiary/aromatic N) is 2. The molecule has 0 saturated carbocycles. The number of ether oxygens (including phenoxy) is 2. The summed E-state index contributed by atoms with van der Waals surface area (Å²) in [4.78, 5) is 6.69. The standard InChI is InChI=1S/C14H16N2O4S2/c1-2-21-14-15-10-6-22(17,18)7-11(10)16(14)9-3-4-12-13(5-9)20-8-19-12/h3-5,10-11H,2,6-8H2,1H3/t10-,11-/m1/s1. The second-order valence-electron chi connectivity index (χ2n) is 5.46. The van der Waals surface area contributed by atoms with Gasteiger partial charge in [-0.15, -0.1) is 0 Å². The average molecular weight is 340 g/mol. The van der Waals surface area contributed by atoms with Crippen LogP contribution >= 0.6 is 11.8 Å². The Bertz CT molecular complexity index is 747. The van der Waals surface area contributed by atoms with Crippen LogP contribution in [0.3, 0.4) is 0 Å². The maximum Gasteiger partial charge on any atom is 0.231 e. The molecule has 1 saturated heterocycles. The molecule has 0 radical (unpaired) electrons. The molecule has 22 heavy (non-hydrogen) atoms. The number of fused-ring (bicyclic) bond motifs is 2. The SMILES string of the molecule is CCSC1=N[C@@H]2CS(=O)(=O)C[C@H]2N1c1ccc2c(c1)OCO2. The summed E-state index contributed by atoms with van der Waals surface area (Å²) < 4.78 is 34.6. The van der Waals surface area contributed by atoms with Crippen LogP contribution in [0.4, 0.5) is 5.69 Å². The highest BCUT2D eigenvalue weighted by Gasteiger charge is 2.47. The van der Waals surface area contributed by atoms with Crippen LogP contribution in [0.1, 0.15) is 6.92 Å². The van der Waals surface area contributed by atoms with E-state index in [-0.39, 0.29) is 30.4 Å². The second kappa shape index (κ2) is 5.06. The van der Waals surface area contributed by atoms with Crippen molar-refractivity contribution >= 4 is 32.5 Å². The van der Waals surface area contributed by atoms with E-state index in [1.165, 1.54) is 0 Å². The highest BCUT2D eigenvalue weighted by atomic mass is 32.2. The van der Waals surface area contributed by atoms with Gasteiger partial charge in [0, 0.05) is 11.8 Å². The van der Waals surface area contributed by atoms with Gasteiger partial charge in [0.2, 0.25) is 6.79 Å². The lowest BCUT2D eigenvalue weighted by Crippen LogP contribution is -2.39. The maximum atomic E-state index is 11.9. The predicted octanol–water partition coefficient (Wildman–Crippen LogP) is 1.51. The molecule has 0 aliphatic carbocycles. The van der Waals surface area contributed by atoms with Crippen LogP contribution in [0.15, 0.2) is 23.2 Å². The third-order valence-electron chi connectivity index (χ3n) is 4.02. The van der Waals surface area contributed by atoms with Gasteiger partial charge >= 0.3 is 0 Å². The van der Waals surface area contributed by atoms with Gasteiger partial charge in [0.1, 0.15) is 0 Å². The first-order chi connectivity index (χ1) is 10.6. The number of benzene rings is 1. The van der Waals surface area contributed by atoms with Crippen LogP contribution in [0.25, 0.3) is 0 Å². The van der Waals surface area contributed by atoms with E-state index >= 15 is 0 Å². The van der Waals surface area contributed by atoms with Crippen molar-refractivity contribution in [3.8, 4) is 11.5 Å². The van der Waals surface area contributed by atoms with E-state index in [4.69, 9.17) is 9.47 Å². The Balaban J connectivity index is 1.73. The fraction of sp³-hybridized carbons (Fsp3) is 0.500. The Labute approximate surface area is 133 Å². The fourth-order valence-corrected chi connectivity index (χ4v) is 5.79. The van der Waals surface area contributed by atoms with Crippen molar-refractivity contribution in [3.63, 3.8) is 0 Å². The molecule has 118 valence electrons. The first kappa shape index (κ1) is 14.2. The smallest absolute Gasteiger partial charge is 0.231 e. The summed E-state index contributed by atoms with van der Waals surface area (Å²) >= 11 is 1.64. The van der Waals surface area contributed by atoms with E-state index in [9.17, 15) is 8.42 Å². The molecule has 3 heterocycles. The molecule has 0 amide bonds. The largest absolute Gasteiger partial charge is 0.454 e. The molecule has 0 aromatic heterocycles. The number of aliphatic imine (C=N–C) groups is 1. The highest BCUT2D eigenvalue weighted by molar-refractivity contribution is 8.14. The van der Waals surface area contributed by atoms with Crippen LogP contribution in [-0.2, 0) is 9.84 Å². The Hall–Kier alpha value is -1.41. The first-order valence-electron chi connectivity index (χ1n) is 7.17. The van der Waals surface area contributed by atoms with Gasteiger partial charge in [0.05, 0.1) is 23.6 Å². The topological polar surface area (TPSA) is 68.2 Å². The van der Waals surface area contributed by atoms with Crippen molar-refractivity contribution in [1.82, 2.24) is 0 Å². The first-order valence-corrected chi connectivity index (χ1v) is 9.98. The van der Waals surface area contributed by atoms with E-state index in [0.717, 1.165) is 22.4 Å². The zero-order valence-corrected chi connectivity index (χ0v) is 13.7. The predicted molar refractivity (Wildman–Crippen MR) is 86.8 cm³/mol. The molecule has 1 fully saturated rings. The van der Waals surface area contributed by atoms with Crippen LogP contribution < -0.4 is 14.4 Å². The minimum absolute atomic E-state index is 0.112. The molecule has 1 aromatic rings. The summed E-state index contributed by atoms with van der Waals surface area (Å²) in [6, 6.07) is 5.43. The zero-order chi connectivity index (χ0) is 15.3. The molecule has 6 nitrogen and oxygen atoms in total. The van der Waals surface area contributed by atoms with E-state index in [1.807, 2.05) is 23.1 Å². The number of sulfone groups is 1. The summed E-state index contributed by atoms with van der Waals surface area (Å²) in [7, 11) is -3.01. The summed E-state index contributed by atoms with van der Waals surface area (Å²) in [5.41, 5.74) is 0.911. The van der Waals surface area contributed by atoms with Gasteiger partial charge in [0.25, 0.3) is 0 Å². The van der Waals surface area contributed by atoms with Gasteiger partial charge in [-0.3, -0.25) is 4.99 Å². The normalized spacial score (nSPS) is 27.9. The van der Waals surface area contributed by atoms with Crippen LogP contribution in [-0.4, -0.2) is 49.7 Å². The quantitative estimate of drug-likeness (QED) is 0.813. The summed E-state index contributed by atoms with van der Waals surface area (Å²) in [5, 5.41) is 0.895. The van der Waals surface area contributed by atoms with Gasteiger partial charge in [-0.1, -0.05) is 18.7 Å². The average Bonchev–Trinajstić information content (AvgIpc) is 3.10. The molecule has 0 N–H and O–H groups in total. The third kappa shape index (κ3) is 2.25. The molecule has 0 bridgehead atoms. The summed E-state index contributed by atoms with van der Waals surface area (Å²) in [5.74, 6) is 2.62. The monoisotopic (exact) mass is 340 g/mol. The molecule has 0 unspecified atom stereocenters. The Morgan fingerprint density at radius 1 is 1.32 bits per heavy atom. The van der Waals surface area contributed by atoms with Crippen LogP contribution in [0.5, 0.6) is 11.5 Å². The zero-order valence-electron chi connectivity index (χ0n) is 12.1. The number of anilines is 1. The minimum atomic E-state index is -3.01. The van der Waals surface area contributed by atoms with Crippen molar-refractivity contribution < 1.29 is 17.9 Å². The van der Waals surface area contributed by atoms with Crippen molar-refractivity contribution in [3.05, 3.63) is 18.2 Å². The van der Waals surface area contributed by atoms with Crippen LogP contribution in [0, 0.1) is 0 Å². The molecule has 2 atom stereocenters. The van der Waals surface area contributed by atoms with Crippen molar-refractivity contribution in [1.29, 1.82) is 0 Å². The lowest BCUT2D eigenvalue weighted by molar-refractivity contribution is 0.174. The Morgan fingerprint density at radius 3 is 2.95 bits per heavy atom. The van der Waals surface area contributed by atoms with Crippen LogP contribution in [0.2, 0.25) is 0 Å². The number of hydrogen-bond acceptors (Lipinski definition) is 7. The van der Waals surface area contributed by atoms with E-state index < -0.39 is 9.84 Å². The van der Waals surface area contributed by atoms with Crippen molar-refractivity contribution in [2.45, 2.75) is 19.0 Å². The molecule has 4 rings (SSSR count). The Kier molecular flexibility index (Phi) is 3.26. The van der Waals surface area contributed by atoms with Crippen molar-refractivity contribution in [2.75, 3.05) is 29.0 Å². The van der Waals surface area contributed by atoms with E-state index in [1.54, 1.807) is 11.8 Å². The lowest BCUT2D eigenvalue weighted by Gasteiger charge is -2.26. The minimum Gasteiger partial charge on any atom is -0.454 e.